The number of urea groups is 1. The van der Waals surface area contributed by atoms with Gasteiger partial charge in [-0.3, -0.25) is 4.79 Å². The second-order valence-electron chi connectivity index (χ2n) is 3.02. The molecule has 4 nitrogen and oxygen atoms in total. The van der Waals surface area contributed by atoms with E-state index in [1.807, 2.05) is 19.1 Å². The minimum Gasteiger partial charge on any atom is -0.338 e. The Morgan fingerprint density at radius 2 is 2.19 bits per heavy atom. The number of benzene rings is 1. The van der Waals surface area contributed by atoms with Crippen molar-refractivity contribution in [1.82, 2.24) is 5.32 Å². The predicted octanol–water partition coefficient (Wildman–Crippen LogP) is 1.95. The van der Waals surface area contributed by atoms with Crippen molar-refractivity contribution in [2.75, 3.05) is 11.9 Å². The third kappa shape index (κ3) is 3.57. The van der Waals surface area contributed by atoms with Crippen molar-refractivity contribution < 1.29 is 9.59 Å². The molecule has 1 aromatic carbocycles. The number of carbonyl (C=O) groups is 1. The summed E-state index contributed by atoms with van der Waals surface area (Å²) in [5, 5.41) is 5.32. The van der Waals surface area contributed by atoms with Gasteiger partial charge in [-0.2, -0.15) is 0 Å². The maximum atomic E-state index is 11.3. The van der Waals surface area contributed by atoms with Gasteiger partial charge in [-0.05, 0) is 30.7 Å². The van der Waals surface area contributed by atoms with Gasteiger partial charge in [0.1, 0.15) is 0 Å². The molecule has 0 aliphatic rings. The molecule has 0 bridgehead atoms. The summed E-state index contributed by atoms with van der Waals surface area (Å²) in [6.07, 6.45) is 4.52. The van der Waals surface area contributed by atoms with Crippen LogP contribution in [0.5, 0.6) is 0 Å². The molecule has 2 N–H and O–H groups in total. The minimum atomic E-state index is -0.265. The van der Waals surface area contributed by atoms with Gasteiger partial charge in [0.25, 0.3) is 0 Å². The molecule has 0 aromatic heterocycles. The van der Waals surface area contributed by atoms with E-state index >= 15 is 0 Å². The van der Waals surface area contributed by atoms with E-state index in [0.717, 1.165) is 5.56 Å². The topological polar surface area (TPSA) is 58.2 Å². The van der Waals surface area contributed by atoms with Crippen molar-refractivity contribution in [2.45, 2.75) is 6.92 Å². The maximum absolute atomic E-state index is 11.3. The zero-order valence-electron chi connectivity index (χ0n) is 8.99. The summed E-state index contributed by atoms with van der Waals surface area (Å²) < 4.78 is 0. The standard InChI is InChI=1S/C12H13N2O2/c1-2-13-12(16)14-11-8-4-3-6-10(11)7-5-9-15/h3-8H,2H2,1H3,(H2,13,14,16)/b7-5+. The number of carbonyl (C=O) groups excluding carboxylic acids is 2. The molecule has 0 spiro atoms. The highest BCUT2D eigenvalue weighted by atomic mass is 16.2. The van der Waals surface area contributed by atoms with Crippen LogP contribution in [-0.4, -0.2) is 18.9 Å². The van der Waals surface area contributed by atoms with Crippen molar-refractivity contribution in [3.05, 3.63) is 35.9 Å². The Kier molecular flexibility index (Phi) is 4.79. The third-order valence-electron chi connectivity index (χ3n) is 1.88. The summed E-state index contributed by atoms with van der Waals surface area (Å²) in [7, 11) is 0. The number of allylic oxidation sites excluding steroid dienone is 1. The van der Waals surface area contributed by atoms with Gasteiger partial charge < -0.3 is 10.6 Å². The summed E-state index contributed by atoms with van der Waals surface area (Å²) >= 11 is 0. The highest BCUT2D eigenvalue weighted by molar-refractivity contribution is 5.92. The zero-order chi connectivity index (χ0) is 11.8. The smallest absolute Gasteiger partial charge is 0.319 e. The fourth-order valence-corrected chi connectivity index (χ4v) is 1.21. The molecule has 16 heavy (non-hydrogen) atoms. The van der Waals surface area contributed by atoms with Crippen molar-refractivity contribution in [3.8, 4) is 0 Å². The number of rotatable bonds is 4. The first kappa shape index (κ1) is 12.0. The Morgan fingerprint density at radius 3 is 2.88 bits per heavy atom. The molecule has 0 aliphatic heterocycles. The van der Waals surface area contributed by atoms with Gasteiger partial charge in [-0.1, -0.05) is 18.2 Å². The molecule has 4 heteroatoms. The molecule has 0 fully saturated rings. The monoisotopic (exact) mass is 217 g/mol. The number of hydrogen-bond acceptors (Lipinski definition) is 2. The van der Waals surface area contributed by atoms with E-state index in [4.69, 9.17) is 0 Å². The second-order valence-corrected chi connectivity index (χ2v) is 3.02. The van der Waals surface area contributed by atoms with Gasteiger partial charge in [0.05, 0.1) is 0 Å². The molecule has 0 saturated heterocycles. The largest absolute Gasteiger partial charge is 0.338 e. The van der Waals surface area contributed by atoms with Crippen LogP contribution >= 0.6 is 0 Å². The maximum Gasteiger partial charge on any atom is 0.319 e. The van der Waals surface area contributed by atoms with Crippen molar-refractivity contribution in [2.24, 2.45) is 0 Å². The molecule has 0 aliphatic carbocycles. The number of nitrogens with one attached hydrogen (secondary N) is 2. The lowest BCUT2D eigenvalue weighted by molar-refractivity contribution is 0.252. The van der Waals surface area contributed by atoms with Crippen LogP contribution in [0.1, 0.15) is 12.5 Å². The molecular weight excluding hydrogens is 204 g/mol. The lowest BCUT2D eigenvalue weighted by Gasteiger charge is -2.08. The Hall–Kier alpha value is -2.10. The molecule has 1 aromatic rings. The van der Waals surface area contributed by atoms with Crippen LogP contribution < -0.4 is 10.6 Å². The van der Waals surface area contributed by atoms with Gasteiger partial charge in [0.2, 0.25) is 6.29 Å². The van der Waals surface area contributed by atoms with Crippen LogP contribution in [-0.2, 0) is 4.79 Å². The lowest BCUT2D eigenvalue weighted by atomic mass is 10.1. The van der Waals surface area contributed by atoms with Crippen LogP contribution in [0, 0.1) is 0 Å². The molecule has 1 radical (unpaired) electrons. The summed E-state index contributed by atoms with van der Waals surface area (Å²) in [5.41, 5.74) is 1.41. The summed E-state index contributed by atoms with van der Waals surface area (Å²) in [5.74, 6) is 0. The Morgan fingerprint density at radius 1 is 1.44 bits per heavy atom. The van der Waals surface area contributed by atoms with Crippen LogP contribution in [0.3, 0.4) is 0 Å². The van der Waals surface area contributed by atoms with Crippen molar-refractivity contribution in [1.29, 1.82) is 0 Å². The average Bonchev–Trinajstić information content (AvgIpc) is 2.28. The first-order valence-corrected chi connectivity index (χ1v) is 4.96. The molecule has 0 atom stereocenters. The van der Waals surface area contributed by atoms with Gasteiger partial charge in [-0.15, -0.1) is 0 Å². The van der Waals surface area contributed by atoms with E-state index < -0.39 is 0 Å². The van der Waals surface area contributed by atoms with Gasteiger partial charge in [-0.25, -0.2) is 4.79 Å². The lowest BCUT2D eigenvalue weighted by Crippen LogP contribution is -2.28. The van der Waals surface area contributed by atoms with E-state index in [-0.39, 0.29) is 6.03 Å². The molecule has 83 valence electrons. The SMILES string of the molecule is CCNC(=O)Nc1ccccc1/C=C/[C]=O. The van der Waals surface area contributed by atoms with Gasteiger partial charge >= 0.3 is 6.03 Å². The summed E-state index contributed by atoms with van der Waals surface area (Å²) in [4.78, 5) is 21.4. The highest BCUT2D eigenvalue weighted by Crippen LogP contribution is 2.16. The van der Waals surface area contributed by atoms with Gasteiger partial charge in [0, 0.05) is 12.2 Å². The minimum absolute atomic E-state index is 0.265. The predicted molar refractivity (Wildman–Crippen MR) is 63.9 cm³/mol. The molecular formula is C12H13N2O2. The van der Waals surface area contributed by atoms with Crippen LogP contribution in [0.25, 0.3) is 6.08 Å². The Balaban J connectivity index is 2.82. The molecule has 0 saturated carbocycles. The quantitative estimate of drug-likeness (QED) is 0.757. The molecule has 1 rings (SSSR count). The fraction of sp³-hybridized carbons (Fsp3) is 0.167. The normalized spacial score (nSPS) is 10.1. The van der Waals surface area contributed by atoms with Crippen LogP contribution in [0.2, 0.25) is 0 Å². The van der Waals surface area contributed by atoms with E-state index in [1.165, 1.54) is 6.08 Å². The van der Waals surface area contributed by atoms with Gasteiger partial charge in [0.15, 0.2) is 0 Å². The van der Waals surface area contributed by atoms with Crippen LogP contribution in [0.4, 0.5) is 10.5 Å². The van der Waals surface area contributed by atoms with E-state index in [0.29, 0.717) is 12.2 Å². The van der Waals surface area contributed by atoms with E-state index in [9.17, 15) is 9.59 Å². The fourth-order valence-electron chi connectivity index (χ4n) is 1.21. The summed E-state index contributed by atoms with van der Waals surface area (Å²) in [6, 6.07) is 6.94. The van der Waals surface area contributed by atoms with Crippen molar-refractivity contribution in [3.63, 3.8) is 0 Å². The number of amides is 2. The number of para-hydroxylation sites is 1. The van der Waals surface area contributed by atoms with E-state index in [2.05, 4.69) is 10.6 Å². The molecule has 0 heterocycles. The average molecular weight is 217 g/mol. The Bertz CT molecular complexity index is 400. The second kappa shape index (κ2) is 6.40. The van der Waals surface area contributed by atoms with Crippen LogP contribution in [0.15, 0.2) is 30.3 Å². The van der Waals surface area contributed by atoms with E-state index in [1.54, 1.807) is 24.5 Å². The third-order valence-corrected chi connectivity index (χ3v) is 1.88. The summed E-state index contributed by atoms with van der Waals surface area (Å²) in [6.45, 7) is 2.40. The molecule has 2 amide bonds. The zero-order valence-corrected chi connectivity index (χ0v) is 8.99. The highest BCUT2D eigenvalue weighted by Gasteiger charge is 2.02. The number of anilines is 1. The first-order chi connectivity index (χ1) is 7.77. The van der Waals surface area contributed by atoms with Crippen molar-refractivity contribution >= 4 is 24.1 Å². The first-order valence-electron chi connectivity index (χ1n) is 4.96. The Labute approximate surface area is 94.4 Å². The number of hydrogen-bond donors (Lipinski definition) is 2. The molecule has 0 unspecified atom stereocenters.